The van der Waals surface area contributed by atoms with Crippen LogP contribution in [-0.2, 0) is 10.4 Å². The molecule has 1 aliphatic rings. The molecule has 0 spiro atoms. The van der Waals surface area contributed by atoms with Crippen LogP contribution < -0.4 is 9.64 Å². The van der Waals surface area contributed by atoms with Crippen LogP contribution in [0.15, 0.2) is 78.9 Å². The second-order valence-electron chi connectivity index (χ2n) is 7.85. The summed E-state index contributed by atoms with van der Waals surface area (Å²) in [5.74, 6) is -1.21. The van der Waals surface area contributed by atoms with Gasteiger partial charge in [0.25, 0.3) is 5.91 Å². The van der Waals surface area contributed by atoms with Gasteiger partial charge in [0.15, 0.2) is 17.1 Å². The first-order valence-electron chi connectivity index (χ1n) is 10.6. The van der Waals surface area contributed by atoms with Crippen LogP contribution in [0.4, 0.5) is 11.4 Å². The first-order valence-corrected chi connectivity index (χ1v) is 10.6. The third-order valence-electron chi connectivity index (χ3n) is 5.75. The minimum absolute atomic E-state index is 0.00799. The van der Waals surface area contributed by atoms with Crippen molar-refractivity contribution in [3.05, 3.63) is 106 Å². The zero-order valence-corrected chi connectivity index (χ0v) is 18.4. The minimum atomic E-state index is -2.08. The number of hydrogen-bond donors (Lipinski definition) is 1. The van der Waals surface area contributed by atoms with E-state index in [1.165, 1.54) is 24.1 Å². The van der Waals surface area contributed by atoms with Gasteiger partial charge in [-0.05, 0) is 23.8 Å². The summed E-state index contributed by atoms with van der Waals surface area (Å²) in [5, 5.41) is 22.7. The van der Waals surface area contributed by atoms with Crippen molar-refractivity contribution in [3.63, 3.8) is 0 Å². The lowest BCUT2D eigenvalue weighted by molar-refractivity contribution is -0.385. The maximum absolute atomic E-state index is 13.3. The van der Waals surface area contributed by atoms with E-state index < -0.39 is 28.6 Å². The number of hydrogen-bond acceptors (Lipinski definition) is 6. The summed E-state index contributed by atoms with van der Waals surface area (Å²) in [5.41, 5.74) is -0.636. The van der Waals surface area contributed by atoms with Crippen molar-refractivity contribution in [3.8, 4) is 5.75 Å². The lowest BCUT2D eigenvalue weighted by atomic mass is 9.88. The summed E-state index contributed by atoms with van der Waals surface area (Å²) in [7, 11) is 1.29. The number of ether oxygens (including phenoxy) is 1. The molecule has 3 aromatic carbocycles. The standard InChI is InChI=1S/C26H22N2O6/c1-34-24-14-13-19(16-22(24)28(32)33)23(29)17-26(31)20-11-5-6-12-21(20)27(25(26)30)15-7-10-18-8-3-2-4-9-18/h2-14,16,31H,15,17H2,1H3/b10-7+/t26-/m1/s1. The highest BCUT2D eigenvalue weighted by atomic mass is 16.6. The molecule has 172 valence electrons. The molecule has 1 aliphatic heterocycles. The summed E-state index contributed by atoms with van der Waals surface area (Å²) in [6.07, 6.45) is 3.13. The van der Waals surface area contributed by atoms with Crippen LogP contribution in [0.5, 0.6) is 5.75 Å². The van der Waals surface area contributed by atoms with E-state index in [-0.39, 0.29) is 23.5 Å². The van der Waals surface area contributed by atoms with Gasteiger partial charge in [-0.15, -0.1) is 0 Å². The van der Waals surface area contributed by atoms with E-state index in [1.807, 2.05) is 42.5 Å². The van der Waals surface area contributed by atoms with Crippen molar-refractivity contribution in [2.75, 3.05) is 18.6 Å². The third-order valence-corrected chi connectivity index (χ3v) is 5.75. The van der Waals surface area contributed by atoms with Crippen LogP contribution in [0.3, 0.4) is 0 Å². The fraction of sp³-hybridized carbons (Fsp3) is 0.154. The number of carbonyl (C=O) groups excluding carboxylic acids is 2. The molecule has 0 bridgehead atoms. The average molecular weight is 458 g/mol. The highest BCUT2D eigenvalue weighted by Gasteiger charge is 2.50. The zero-order chi connectivity index (χ0) is 24.3. The Labute approximate surface area is 195 Å². The number of nitro benzene ring substituents is 1. The molecule has 8 heteroatoms. The van der Waals surface area contributed by atoms with Gasteiger partial charge in [-0.1, -0.05) is 60.7 Å². The molecule has 1 atom stereocenters. The molecule has 1 amide bonds. The first kappa shape index (κ1) is 22.9. The van der Waals surface area contributed by atoms with E-state index in [0.29, 0.717) is 11.3 Å². The third kappa shape index (κ3) is 4.18. The molecule has 0 aliphatic carbocycles. The van der Waals surface area contributed by atoms with Crippen LogP contribution in [-0.4, -0.2) is 35.4 Å². The number of methoxy groups -OCH3 is 1. The molecule has 1 N–H and O–H groups in total. The zero-order valence-electron chi connectivity index (χ0n) is 18.4. The maximum atomic E-state index is 13.3. The van der Waals surface area contributed by atoms with E-state index in [0.717, 1.165) is 11.6 Å². The van der Waals surface area contributed by atoms with Gasteiger partial charge in [-0.2, -0.15) is 0 Å². The van der Waals surface area contributed by atoms with Gasteiger partial charge in [0.1, 0.15) is 0 Å². The number of amides is 1. The number of fused-ring (bicyclic) bond motifs is 1. The van der Waals surface area contributed by atoms with Gasteiger partial charge in [0.05, 0.1) is 24.1 Å². The van der Waals surface area contributed by atoms with Crippen molar-refractivity contribution in [1.82, 2.24) is 0 Å². The number of rotatable bonds is 8. The van der Waals surface area contributed by atoms with E-state index in [2.05, 4.69) is 0 Å². The van der Waals surface area contributed by atoms with Gasteiger partial charge in [-0.25, -0.2) is 0 Å². The fourth-order valence-corrected chi connectivity index (χ4v) is 4.06. The molecule has 0 radical (unpaired) electrons. The molecule has 0 saturated carbocycles. The Hall–Kier alpha value is -4.30. The Bertz CT molecular complexity index is 1290. The van der Waals surface area contributed by atoms with Crippen LogP contribution in [0.2, 0.25) is 0 Å². The number of nitrogens with zero attached hydrogens (tertiary/aromatic N) is 2. The van der Waals surface area contributed by atoms with Gasteiger partial charge in [0, 0.05) is 23.7 Å². The second kappa shape index (κ2) is 9.29. The highest BCUT2D eigenvalue weighted by molar-refractivity contribution is 6.11. The first-order chi connectivity index (χ1) is 16.3. The van der Waals surface area contributed by atoms with Gasteiger partial charge < -0.3 is 14.7 Å². The van der Waals surface area contributed by atoms with Crippen molar-refractivity contribution in [1.29, 1.82) is 0 Å². The van der Waals surface area contributed by atoms with Crippen molar-refractivity contribution < 1.29 is 24.4 Å². The molecule has 0 unspecified atom stereocenters. The number of ketones is 1. The Morgan fingerprint density at radius 1 is 1.12 bits per heavy atom. The van der Waals surface area contributed by atoms with Gasteiger partial charge >= 0.3 is 5.69 Å². The number of anilines is 1. The minimum Gasteiger partial charge on any atom is -0.490 e. The monoisotopic (exact) mass is 458 g/mol. The van der Waals surface area contributed by atoms with Crippen molar-refractivity contribution in [2.45, 2.75) is 12.0 Å². The topological polar surface area (TPSA) is 110 Å². The summed E-state index contributed by atoms with van der Waals surface area (Å²) in [4.78, 5) is 38.5. The Kier molecular flexibility index (Phi) is 6.25. The quantitative estimate of drug-likeness (QED) is 0.309. The molecule has 3 aromatic rings. The smallest absolute Gasteiger partial charge is 0.311 e. The van der Waals surface area contributed by atoms with Crippen molar-refractivity contribution >= 4 is 29.1 Å². The average Bonchev–Trinajstić information content (AvgIpc) is 3.06. The number of benzene rings is 3. The summed E-state index contributed by atoms with van der Waals surface area (Å²) in [6, 6.07) is 20.1. The van der Waals surface area contributed by atoms with Crippen molar-refractivity contribution in [2.24, 2.45) is 0 Å². The molecular formula is C26H22N2O6. The molecular weight excluding hydrogens is 436 g/mol. The lowest BCUT2D eigenvalue weighted by Crippen LogP contribution is -2.42. The fourth-order valence-electron chi connectivity index (χ4n) is 4.06. The normalized spacial score (nSPS) is 17.1. The second-order valence-corrected chi connectivity index (χ2v) is 7.85. The molecule has 34 heavy (non-hydrogen) atoms. The number of Topliss-reactive ketones (excluding diaryl/α,β-unsaturated/α-hetero) is 1. The largest absolute Gasteiger partial charge is 0.490 e. The number of nitro groups is 1. The van der Waals surface area contributed by atoms with Gasteiger partial charge in [0.2, 0.25) is 0 Å². The molecule has 0 saturated heterocycles. The predicted molar refractivity (Wildman–Crippen MR) is 127 cm³/mol. The Morgan fingerprint density at radius 3 is 2.53 bits per heavy atom. The SMILES string of the molecule is COc1ccc(C(=O)C[C@]2(O)C(=O)N(C/C=C/c3ccccc3)c3ccccc32)cc1[N+](=O)[O-]. The Balaban J connectivity index is 1.61. The predicted octanol–water partition coefficient (Wildman–Crippen LogP) is 4.12. The molecule has 1 heterocycles. The lowest BCUT2D eigenvalue weighted by Gasteiger charge is -2.22. The molecule has 8 nitrogen and oxygen atoms in total. The number of carbonyl (C=O) groups is 2. The molecule has 0 aromatic heterocycles. The van der Waals surface area contributed by atoms with Crippen LogP contribution in [0, 0.1) is 10.1 Å². The summed E-state index contributed by atoms with van der Waals surface area (Å²) >= 11 is 0. The van der Waals surface area contributed by atoms with Crippen LogP contribution in [0.25, 0.3) is 6.08 Å². The van der Waals surface area contributed by atoms with E-state index >= 15 is 0 Å². The summed E-state index contributed by atoms with van der Waals surface area (Å²) in [6.45, 7) is 0.204. The molecule has 4 rings (SSSR count). The van der Waals surface area contributed by atoms with E-state index in [4.69, 9.17) is 4.74 Å². The van der Waals surface area contributed by atoms with Crippen LogP contribution >= 0.6 is 0 Å². The number of aliphatic hydroxyl groups is 1. The van der Waals surface area contributed by atoms with Crippen LogP contribution in [0.1, 0.15) is 27.9 Å². The van der Waals surface area contributed by atoms with Gasteiger partial charge in [-0.3, -0.25) is 19.7 Å². The number of para-hydroxylation sites is 1. The maximum Gasteiger partial charge on any atom is 0.311 e. The molecule has 0 fully saturated rings. The Morgan fingerprint density at radius 2 is 1.82 bits per heavy atom. The summed E-state index contributed by atoms with van der Waals surface area (Å²) < 4.78 is 4.97. The van der Waals surface area contributed by atoms with E-state index in [9.17, 15) is 24.8 Å². The highest BCUT2D eigenvalue weighted by Crippen LogP contribution is 2.43. The van der Waals surface area contributed by atoms with E-state index in [1.54, 1.807) is 24.3 Å².